The van der Waals surface area contributed by atoms with E-state index in [1.807, 2.05) is 17.6 Å². The highest BCUT2D eigenvalue weighted by Crippen LogP contribution is 2.31. The Morgan fingerprint density at radius 2 is 2.29 bits per heavy atom. The van der Waals surface area contributed by atoms with Gasteiger partial charge in [-0.15, -0.1) is 22.7 Å². The Bertz CT molecular complexity index is 623. The molecule has 0 aromatic carbocycles. The van der Waals surface area contributed by atoms with Crippen molar-refractivity contribution in [1.29, 1.82) is 0 Å². The van der Waals surface area contributed by atoms with Gasteiger partial charge in [0.25, 0.3) is 0 Å². The number of fused-ring (bicyclic) bond motifs is 3. The lowest BCUT2D eigenvalue weighted by Crippen LogP contribution is -1.70. The van der Waals surface area contributed by atoms with Gasteiger partial charge in [0.15, 0.2) is 6.29 Å². The van der Waals surface area contributed by atoms with E-state index in [0.717, 1.165) is 31.5 Å². The monoisotopic (exact) mass is 219 g/mol. The van der Waals surface area contributed by atoms with Crippen LogP contribution < -0.4 is 0 Å². The summed E-state index contributed by atoms with van der Waals surface area (Å²) in [6, 6.07) is 3.99. The third-order valence-electron chi connectivity index (χ3n) is 2.13. The third kappa shape index (κ3) is 1.01. The Morgan fingerprint density at radius 1 is 1.36 bits per heavy atom. The lowest BCUT2D eigenvalue weighted by Gasteiger charge is -1.89. The summed E-state index contributed by atoms with van der Waals surface area (Å²) in [5.41, 5.74) is 0. The fraction of sp³-hybridized carbons (Fsp3) is 0. The molecule has 0 aliphatic heterocycles. The first-order valence-corrected chi connectivity index (χ1v) is 5.79. The van der Waals surface area contributed by atoms with Gasteiger partial charge in [0, 0.05) is 17.0 Å². The van der Waals surface area contributed by atoms with Crippen LogP contribution in [-0.4, -0.2) is 11.3 Å². The zero-order valence-electron chi connectivity index (χ0n) is 7.06. The molecule has 0 aliphatic rings. The number of pyridine rings is 1. The Hall–Kier alpha value is -1.26. The highest BCUT2D eigenvalue weighted by molar-refractivity contribution is 7.21. The van der Waals surface area contributed by atoms with Gasteiger partial charge in [-0.1, -0.05) is 0 Å². The molecule has 0 unspecified atom stereocenters. The first kappa shape index (κ1) is 8.08. The van der Waals surface area contributed by atoms with Crippen LogP contribution >= 0.6 is 22.7 Å². The highest BCUT2D eigenvalue weighted by atomic mass is 32.1. The number of hydrogen-bond donors (Lipinski definition) is 0. The third-order valence-corrected chi connectivity index (χ3v) is 3.95. The summed E-state index contributed by atoms with van der Waals surface area (Å²) >= 11 is 3.11. The van der Waals surface area contributed by atoms with Crippen molar-refractivity contribution in [3.8, 4) is 0 Å². The predicted octanol–water partition coefficient (Wildman–Crippen LogP) is 3.32. The van der Waals surface area contributed by atoms with Gasteiger partial charge in [0.2, 0.25) is 0 Å². The number of nitrogens with zero attached hydrogens (tertiary/aromatic N) is 1. The molecule has 0 saturated heterocycles. The molecule has 0 aliphatic carbocycles. The molecule has 3 rings (SSSR count). The second-order valence-electron chi connectivity index (χ2n) is 2.94. The number of aromatic nitrogens is 1. The van der Waals surface area contributed by atoms with Gasteiger partial charge >= 0.3 is 0 Å². The minimum Gasteiger partial charge on any atom is -0.297 e. The second kappa shape index (κ2) is 2.87. The lowest BCUT2D eigenvalue weighted by atomic mass is 10.2. The number of thiophene rings is 2. The van der Waals surface area contributed by atoms with E-state index in [4.69, 9.17) is 0 Å². The summed E-state index contributed by atoms with van der Waals surface area (Å²) in [7, 11) is 0. The van der Waals surface area contributed by atoms with E-state index in [1.165, 1.54) is 11.3 Å². The molecule has 3 aromatic heterocycles. The van der Waals surface area contributed by atoms with E-state index in [2.05, 4.69) is 11.1 Å². The average Bonchev–Trinajstić information content (AvgIpc) is 2.82. The predicted molar refractivity (Wildman–Crippen MR) is 60.4 cm³/mol. The summed E-state index contributed by atoms with van der Waals surface area (Å²) in [4.78, 5) is 16.8. The van der Waals surface area contributed by atoms with Crippen molar-refractivity contribution in [2.75, 3.05) is 0 Å². The van der Waals surface area contributed by atoms with Crippen LogP contribution in [0.3, 0.4) is 0 Å². The largest absolute Gasteiger partial charge is 0.297 e. The van der Waals surface area contributed by atoms with Crippen molar-refractivity contribution in [3.63, 3.8) is 0 Å². The standard InChI is InChI=1S/C10H5NOS2/c12-5-6-3-8-7-1-2-13-10(7)11-4-9(8)14-6/h1-5H. The van der Waals surface area contributed by atoms with Crippen LogP contribution in [0.1, 0.15) is 9.67 Å². The van der Waals surface area contributed by atoms with Crippen LogP contribution in [0.4, 0.5) is 0 Å². The van der Waals surface area contributed by atoms with Gasteiger partial charge < -0.3 is 0 Å². The van der Waals surface area contributed by atoms with Crippen molar-refractivity contribution in [2.45, 2.75) is 0 Å². The van der Waals surface area contributed by atoms with Crippen molar-refractivity contribution in [1.82, 2.24) is 4.98 Å². The van der Waals surface area contributed by atoms with E-state index in [1.54, 1.807) is 11.3 Å². The number of carbonyl (C=O) groups is 1. The maximum atomic E-state index is 10.6. The zero-order chi connectivity index (χ0) is 9.54. The molecule has 0 spiro atoms. The molecule has 14 heavy (non-hydrogen) atoms. The van der Waals surface area contributed by atoms with E-state index >= 15 is 0 Å². The molecular weight excluding hydrogens is 214 g/mol. The first-order valence-electron chi connectivity index (χ1n) is 4.09. The van der Waals surface area contributed by atoms with Crippen LogP contribution in [0.5, 0.6) is 0 Å². The van der Waals surface area contributed by atoms with E-state index in [-0.39, 0.29) is 0 Å². The summed E-state index contributed by atoms with van der Waals surface area (Å²) < 4.78 is 1.08. The van der Waals surface area contributed by atoms with Crippen molar-refractivity contribution in [3.05, 3.63) is 28.6 Å². The van der Waals surface area contributed by atoms with Crippen molar-refractivity contribution < 1.29 is 4.79 Å². The van der Waals surface area contributed by atoms with Crippen molar-refractivity contribution in [2.24, 2.45) is 0 Å². The summed E-state index contributed by atoms with van der Waals surface area (Å²) in [6.45, 7) is 0. The van der Waals surface area contributed by atoms with Crippen molar-refractivity contribution >= 4 is 49.3 Å². The average molecular weight is 219 g/mol. The number of aldehydes is 1. The van der Waals surface area contributed by atoms with Gasteiger partial charge in [0.05, 0.1) is 9.58 Å². The second-order valence-corrected chi connectivity index (χ2v) is 4.95. The molecule has 0 amide bonds. The SMILES string of the molecule is O=Cc1cc2c(cnc3sccc32)s1. The van der Waals surface area contributed by atoms with E-state index in [0.29, 0.717) is 0 Å². The Kier molecular flexibility index (Phi) is 1.65. The molecule has 4 heteroatoms. The lowest BCUT2D eigenvalue weighted by molar-refractivity contribution is 0.112. The van der Waals surface area contributed by atoms with Gasteiger partial charge in [-0.05, 0) is 17.5 Å². The molecule has 3 heterocycles. The molecule has 0 radical (unpaired) electrons. The molecule has 0 N–H and O–H groups in total. The van der Waals surface area contributed by atoms with Gasteiger partial charge in [-0.25, -0.2) is 4.98 Å². The summed E-state index contributed by atoms with van der Waals surface area (Å²) in [6.07, 6.45) is 2.73. The normalized spacial score (nSPS) is 11.1. The molecule has 2 nitrogen and oxygen atoms in total. The maximum absolute atomic E-state index is 10.6. The Balaban J connectivity index is 2.54. The molecule has 3 aromatic rings. The minimum atomic E-state index is 0.764. The molecule has 0 saturated carbocycles. The fourth-order valence-electron chi connectivity index (χ4n) is 1.51. The van der Waals surface area contributed by atoms with Gasteiger partial charge in [0.1, 0.15) is 4.83 Å². The molecule has 0 atom stereocenters. The number of carbonyl (C=O) groups excluding carboxylic acids is 1. The maximum Gasteiger partial charge on any atom is 0.160 e. The van der Waals surface area contributed by atoms with Crippen LogP contribution in [0.25, 0.3) is 20.3 Å². The van der Waals surface area contributed by atoms with Gasteiger partial charge in [-0.3, -0.25) is 4.79 Å². The molecule has 0 bridgehead atoms. The Labute approximate surface area is 87.8 Å². The molecule has 0 fully saturated rings. The molecular formula is C10H5NOS2. The van der Waals surface area contributed by atoms with Gasteiger partial charge in [-0.2, -0.15) is 0 Å². The number of rotatable bonds is 1. The van der Waals surface area contributed by atoms with E-state index in [9.17, 15) is 4.79 Å². The topological polar surface area (TPSA) is 30.0 Å². The minimum absolute atomic E-state index is 0.764. The first-order chi connectivity index (χ1) is 6.88. The smallest absolute Gasteiger partial charge is 0.160 e. The summed E-state index contributed by atoms with van der Waals surface area (Å²) in [5.74, 6) is 0. The van der Waals surface area contributed by atoms with Crippen LogP contribution in [0.2, 0.25) is 0 Å². The van der Waals surface area contributed by atoms with E-state index < -0.39 is 0 Å². The fourth-order valence-corrected chi connectivity index (χ4v) is 3.13. The summed E-state index contributed by atoms with van der Waals surface area (Å²) in [5, 5.41) is 4.32. The highest BCUT2D eigenvalue weighted by Gasteiger charge is 2.06. The van der Waals surface area contributed by atoms with Crippen LogP contribution in [0, 0.1) is 0 Å². The van der Waals surface area contributed by atoms with Crippen LogP contribution in [0.15, 0.2) is 23.7 Å². The number of hydrogen-bond acceptors (Lipinski definition) is 4. The molecule has 68 valence electrons. The Morgan fingerprint density at radius 3 is 3.14 bits per heavy atom. The van der Waals surface area contributed by atoms with Crippen LogP contribution in [-0.2, 0) is 0 Å². The quantitative estimate of drug-likeness (QED) is 0.588. The zero-order valence-corrected chi connectivity index (χ0v) is 8.69.